The van der Waals surface area contributed by atoms with Crippen LogP contribution in [0.15, 0.2) is 18.2 Å². The van der Waals surface area contributed by atoms with Crippen molar-refractivity contribution in [3.63, 3.8) is 0 Å². The van der Waals surface area contributed by atoms with Crippen LogP contribution in [0.4, 0.5) is 0 Å². The normalized spacial score (nSPS) is 8.92. The fraction of sp³-hybridized carbons (Fsp3) is 0. The Hall–Kier alpha value is -2.02. The van der Waals surface area contributed by atoms with E-state index in [9.17, 15) is 4.79 Å². The van der Waals surface area contributed by atoms with Crippen LogP contribution in [0.25, 0.3) is 0 Å². The highest BCUT2D eigenvalue weighted by Gasteiger charge is 2.04. The van der Waals surface area contributed by atoms with Crippen molar-refractivity contribution >= 4 is 5.91 Å². The molecular weight excluding hydrogens is 156 g/mol. The minimum Gasteiger partial charge on any atom is -0.507 e. The number of hydrogen-bond acceptors (Lipinski definition) is 3. The van der Waals surface area contributed by atoms with Crippen molar-refractivity contribution in [3.05, 3.63) is 29.3 Å². The Balaban J connectivity index is 0.00000144. The molecule has 1 aromatic carbocycles. The molecule has 0 spiro atoms. The van der Waals surface area contributed by atoms with Gasteiger partial charge in [-0.1, -0.05) is 0 Å². The number of nitriles is 1. The molecule has 0 saturated heterocycles. The summed E-state index contributed by atoms with van der Waals surface area (Å²) in [5, 5.41) is 17.5. The van der Waals surface area contributed by atoms with Crippen LogP contribution < -0.4 is 5.73 Å². The molecule has 0 saturated carbocycles. The number of phenols is 1. The highest BCUT2D eigenvalue weighted by atomic mass is 16.3. The first-order valence-electron chi connectivity index (χ1n) is 3.18. The SMILES string of the molecule is N#Cc1cc(C(N)=O)ccc1O.[HH]. The van der Waals surface area contributed by atoms with Crippen molar-refractivity contribution in [1.82, 2.24) is 0 Å². The number of carbonyl (C=O) groups is 1. The third-order valence-corrected chi connectivity index (χ3v) is 1.40. The summed E-state index contributed by atoms with van der Waals surface area (Å²) in [4.78, 5) is 10.6. The Kier molecular flexibility index (Phi) is 1.97. The van der Waals surface area contributed by atoms with E-state index in [1.54, 1.807) is 6.07 Å². The summed E-state index contributed by atoms with van der Waals surface area (Å²) in [5.41, 5.74) is 5.22. The molecule has 3 N–H and O–H groups in total. The number of nitrogens with two attached hydrogens (primary N) is 1. The zero-order valence-electron chi connectivity index (χ0n) is 6.11. The number of hydrogen-bond donors (Lipinski definition) is 2. The van der Waals surface area contributed by atoms with Gasteiger partial charge in [-0.3, -0.25) is 4.79 Å². The van der Waals surface area contributed by atoms with E-state index in [0.717, 1.165) is 0 Å². The van der Waals surface area contributed by atoms with Gasteiger partial charge in [0.15, 0.2) is 0 Å². The van der Waals surface area contributed by atoms with Gasteiger partial charge >= 0.3 is 0 Å². The Morgan fingerprint density at radius 2 is 2.33 bits per heavy atom. The lowest BCUT2D eigenvalue weighted by molar-refractivity contribution is 0.100. The Bertz CT molecular complexity index is 371. The molecule has 4 heteroatoms. The summed E-state index contributed by atoms with van der Waals surface area (Å²) < 4.78 is 0. The van der Waals surface area contributed by atoms with Crippen molar-refractivity contribution < 1.29 is 11.3 Å². The van der Waals surface area contributed by atoms with Crippen molar-refractivity contribution in [2.24, 2.45) is 5.73 Å². The highest BCUT2D eigenvalue weighted by molar-refractivity contribution is 5.93. The first-order chi connectivity index (χ1) is 5.65. The highest BCUT2D eigenvalue weighted by Crippen LogP contribution is 2.16. The summed E-state index contributed by atoms with van der Waals surface area (Å²) in [7, 11) is 0. The molecule has 0 radical (unpaired) electrons. The molecule has 1 aromatic rings. The first kappa shape index (κ1) is 8.08. The number of aromatic hydroxyl groups is 1. The van der Waals surface area contributed by atoms with Crippen LogP contribution in [-0.4, -0.2) is 11.0 Å². The van der Waals surface area contributed by atoms with Crippen LogP contribution in [0.2, 0.25) is 0 Å². The van der Waals surface area contributed by atoms with Gasteiger partial charge in [-0.25, -0.2) is 0 Å². The molecular formula is C8H8N2O2. The zero-order valence-corrected chi connectivity index (χ0v) is 6.11. The molecule has 1 amide bonds. The number of primary amides is 1. The summed E-state index contributed by atoms with van der Waals surface area (Å²) in [5.74, 6) is -0.769. The minimum absolute atomic E-state index is 0. The van der Waals surface area contributed by atoms with Gasteiger partial charge < -0.3 is 10.8 Å². The van der Waals surface area contributed by atoms with Crippen LogP contribution in [0.5, 0.6) is 5.75 Å². The molecule has 1 rings (SSSR count). The molecule has 0 fully saturated rings. The largest absolute Gasteiger partial charge is 0.507 e. The Labute approximate surface area is 70.3 Å². The van der Waals surface area contributed by atoms with Gasteiger partial charge in [-0.05, 0) is 18.2 Å². The van der Waals surface area contributed by atoms with E-state index in [0.29, 0.717) is 0 Å². The van der Waals surface area contributed by atoms with Crippen molar-refractivity contribution in [2.75, 3.05) is 0 Å². The lowest BCUT2D eigenvalue weighted by Gasteiger charge is -1.97. The summed E-state index contributed by atoms with van der Waals surface area (Å²) in [6.07, 6.45) is 0. The summed E-state index contributed by atoms with van der Waals surface area (Å²) >= 11 is 0. The standard InChI is InChI=1S/C8H6N2O2.H2/c9-4-6-3-5(8(10)12)1-2-7(6)11;/h1-3,11H,(H2,10,12);1H. The van der Waals surface area contributed by atoms with Gasteiger partial charge in [-0.2, -0.15) is 5.26 Å². The van der Waals surface area contributed by atoms with E-state index < -0.39 is 5.91 Å². The van der Waals surface area contributed by atoms with E-state index in [1.165, 1.54) is 18.2 Å². The molecule has 0 aliphatic carbocycles. The molecule has 12 heavy (non-hydrogen) atoms. The fourth-order valence-corrected chi connectivity index (χ4v) is 0.779. The van der Waals surface area contributed by atoms with Crippen molar-refractivity contribution in [1.29, 1.82) is 5.26 Å². The zero-order chi connectivity index (χ0) is 9.14. The lowest BCUT2D eigenvalue weighted by atomic mass is 10.1. The topological polar surface area (TPSA) is 87.1 Å². The van der Waals surface area contributed by atoms with Crippen LogP contribution in [-0.2, 0) is 0 Å². The number of amides is 1. The second-order valence-corrected chi connectivity index (χ2v) is 2.21. The number of nitrogens with zero attached hydrogens (tertiary/aromatic N) is 1. The summed E-state index contributed by atoms with van der Waals surface area (Å²) in [6.45, 7) is 0. The van der Waals surface area contributed by atoms with Gasteiger partial charge in [0.05, 0.1) is 5.56 Å². The molecule has 4 nitrogen and oxygen atoms in total. The van der Waals surface area contributed by atoms with Crippen molar-refractivity contribution in [3.8, 4) is 11.8 Å². The minimum atomic E-state index is -0.619. The number of phenolic OH excluding ortho intramolecular Hbond substituents is 1. The maximum absolute atomic E-state index is 10.6. The lowest BCUT2D eigenvalue weighted by Crippen LogP contribution is -2.10. The third kappa shape index (κ3) is 1.35. The van der Waals surface area contributed by atoms with E-state index in [2.05, 4.69) is 0 Å². The van der Waals surface area contributed by atoms with Crippen LogP contribution >= 0.6 is 0 Å². The van der Waals surface area contributed by atoms with Gasteiger partial charge in [0.25, 0.3) is 0 Å². The molecule has 0 atom stereocenters. The van der Waals surface area contributed by atoms with Crippen LogP contribution in [0.3, 0.4) is 0 Å². The Morgan fingerprint density at radius 3 is 2.83 bits per heavy atom. The molecule has 0 bridgehead atoms. The quantitative estimate of drug-likeness (QED) is 0.637. The third-order valence-electron chi connectivity index (χ3n) is 1.40. The molecule has 0 aliphatic rings. The molecule has 0 aromatic heterocycles. The van der Waals surface area contributed by atoms with Gasteiger partial charge in [-0.15, -0.1) is 0 Å². The molecule has 0 aliphatic heterocycles. The van der Waals surface area contributed by atoms with Crippen molar-refractivity contribution in [2.45, 2.75) is 0 Å². The average Bonchev–Trinajstić information content (AvgIpc) is 2.05. The maximum atomic E-state index is 10.6. The van der Waals surface area contributed by atoms with E-state index in [4.69, 9.17) is 16.1 Å². The van der Waals surface area contributed by atoms with E-state index >= 15 is 0 Å². The molecule has 62 valence electrons. The smallest absolute Gasteiger partial charge is 0.248 e. The second kappa shape index (κ2) is 2.93. The second-order valence-electron chi connectivity index (χ2n) is 2.21. The van der Waals surface area contributed by atoms with Gasteiger partial charge in [0, 0.05) is 6.99 Å². The number of benzene rings is 1. The predicted octanol–water partition coefficient (Wildman–Crippen LogP) is 0.609. The average molecular weight is 164 g/mol. The summed E-state index contributed by atoms with van der Waals surface area (Å²) in [6, 6.07) is 5.60. The first-order valence-corrected chi connectivity index (χ1v) is 3.18. The van der Waals surface area contributed by atoms with Crippen LogP contribution in [0.1, 0.15) is 17.3 Å². The molecule has 0 unspecified atom stereocenters. The fourth-order valence-electron chi connectivity index (χ4n) is 0.779. The van der Waals surface area contributed by atoms with Gasteiger partial charge in [0.1, 0.15) is 11.8 Å². The maximum Gasteiger partial charge on any atom is 0.248 e. The van der Waals surface area contributed by atoms with E-state index in [1.807, 2.05) is 0 Å². The number of rotatable bonds is 1. The van der Waals surface area contributed by atoms with E-state index in [-0.39, 0.29) is 18.3 Å². The Morgan fingerprint density at radius 1 is 1.67 bits per heavy atom. The van der Waals surface area contributed by atoms with Gasteiger partial charge in [0.2, 0.25) is 5.91 Å². The molecule has 0 heterocycles. The predicted molar refractivity (Wildman–Crippen MR) is 43.5 cm³/mol. The van der Waals surface area contributed by atoms with Crippen LogP contribution in [0, 0.1) is 11.3 Å². The number of carbonyl (C=O) groups excluding carboxylic acids is 1. The monoisotopic (exact) mass is 164 g/mol.